The van der Waals surface area contributed by atoms with Gasteiger partial charge in [-0.1, -0.05) is 12.1 Å². The quantitative estimate of drug-likeness (QED) is 0.640. The Bertz CT molecular complexity index is 1080. The first-order valence-electron chi connectivity index (χ1n) is 9.11. The van der Waals surface area contributed by atoms with E-state index in [4.69, 9.17) is 16.1 Å². The number of rotatable bonds is 6. The van der Waals surface area contributed by atoms with E-state index < -0.39 is 5.91 Å². The summed E-state index contributed by atoms with van der Waals surface area (Å²) in [4.78, 5) is 20.5. The summed E-state index contributed by atoms with van der Waals surface area (Å²) in [6.07, 6.45) is 4.02. The zero-order chi connectivity index (χ0) is 19.5. The first-order valence-corrected chi connectivity index (χ1v) is 9.11. The van der Waals surface area contributed by atoms with Crippen LogP contribution in [0.1, 0.15) is 28.9 Å². The Morgan fingerprint density at radius 1 is 1.36 bits per heavy atom. The predicted octanol–water partition coefficient (Wildman–Crippen LogP) is 2.38. The fourth-order valence-electron chi connectivity index (χ4n) is 3.44. The van der Waals surface area contributed by atoms with Gasteiger partial charge in [-0.25, -0.2) is 9.97 Å². The van der Waals surface area contributed by atoms with Gasteiger partial charge in [0.15, 0.2) is 0 Å². The van der Waals surface area contributed by atoms with Crippen molar-refractivity contribution in [3.8, 4) is 28.6 Å². The van der Waals surface area contributed by atoms with E-state index in [1.54, 1.807) is 24.4 Å². The number of anilines is 1. The average molecular weight is 373 g/mol. The lowest BCUT2D eigenvalue weighted by atomic mass is 10.00. The van der Waals surface area contributed by atoms with E-state index in [2.05, 4.69) is 21.4 Å². The second kappa shape index (κ2) is 7.48. The number of primary amides is 1. The molecular formula is C20H19N7O. The van der Waals surface area contributed by atoms with Gasteiger partial charge in [-0.2, -0.15) is 10.4 Å². The molecule has 0 fully saturated rings. The molecule has 1 aliphatic heterocycles. The molecule has 1 aliphatic rings. The normalized spacial score (nSPS) is 12.4. The van der Waals surface area contributed by atoms with Crippen LogP contribution in [0, 0.1) is 11.3 Å². The average Bonchev–Trinajstić information content (AvgIpc) is 3.29. The largest absolute Gasteiger partial charge is 0.366 e. The highest BCUT2D eigenvalue weighted by Crippen LogP contribution is 2.37. The number of aryl methyl sites for hydroxylation is 1. The third-order valence-electron chi connectivity index (χ3n) is 4.69. The van der Waals surface area contributed by atoms with Crippen molar-refractivity contribution in [1.82, 2.24) is 19.7 Å². The lowest BCUT2D eigenvalue weighted by Crippen LogP contribution is -2.10. The minimum absolute atomic E-state index is 0.377. The van der Waals surface area contributed by atoms with E-state index in [0.717, 1.165) is 47.6 Å². The minimum Gasteiger partial charge on any atom is -0.366 e. The van der Waals surface area contributed by atoms with Crippen LogP contribution in [-0.2, 0) is 13.0 Å². The van der Waals surface area contributed by atoms with Crippen molar-refractivity contribution in [1.29, 1.82) is 5.26 Å². The molecule has 0 saturated carbocycles. The van der Waals surface area contributed by atoms with Gasteiger partial charge in [-0.3, -0.25) is 9.48 Å². The molecule has 3 aromatic rings. The number of fused-ring (bicyclic) bond motifs is 1. The molecule has 0 unspecified atom stereocenters. The van der Waals surface area contributed by atoms with Crippen LogP contribution >= 0.6 is 0 Å². The van der Waals surface area contributed by atoms with E-state index >= 15 is 0 Å². The van der Waals surface area contributed by atoms with E-state index in [1.165, 1.54) is 0 Å². The summed E-state index contributed by atoms with van der Waals surface area (Å²) >= 11 is 0. The number of carbonyl (C=O) groups excluding carboxylic acids is 1. The summed E-state index contributed by atoms with van der Waals surface area (Å²) < 4.78 is 2.01. The molecule has 0 atom stereocenters. The van der Waals surface area contributed by atoms with E-state index in [9.17, 15) is 4.79 Å². The van der Waals surface area contributed by atoms with Crippen LogP contribution in [0.5, 0.6) is 0 Å². The maximum atomic E-state index is 11.6. The minimum atomic E-state index is -0.471. The highest BCUT2D eigenvalue weighted by molar-refractivity contribution is 5.94. The van der Waals surface area contributed by atoms with Crippen LogP contribution in [-0.4, -0.2) is 32.2 Å². The number of benzene rings is 1. The second-order valence-corrected chi connectivity index (χ2v) is 6.54. The molecule has 0 aliphatic carbocycles. The first-order chi connectivity index (χ1) is 13.7. The van der Waals surface area contributed by atoms with Crippen molar-refractivity contribution >= 4 is 11.9 Å². The van der Waals surface area contributed by atoms with E-state index in [-0.39, 0.29) is 0 Å². The SMILES string of the molecule is N#CCCNc1nccc(-c2c(-c3cccc(C(N)=O)c3)nn3c2CCC3)n1. The summed E-state index contributed by atoms with van der Waals surface area (Å²) in [6, 6.07) is 11.1. The molecule has 3 heterocycles. The molecule has 3 N–H and O–H groups in total. The molecule has 1 aromatic carbocycles. The monoisotopic (exact) mass is 373 g/mol. The molecular weight excluding hydrogens is 354 g/mol. The van der Waals surface area contributed by atoms with E-state index in [1.807, 2.05) is 16.8 Å². The molecule has 0 spiro atoms. The number of hydrogen-bond acceptors (Lipinski definition) is 6. The Morgan fingerprint density at radius 2 is 2.25 bits per heavy atom. The number of nitrogens with one attached hydrogen (secondary N) is 1. The number of amides is 1. The Labute approximate surface area is 162 Å². The fraction of sp³-hybridized carbons (Fsp3) is 0.250. The zero-order valence-corrected chi connectivity index (χ0v) is 15.2. The molecule has 4 rings (SSSR count). The summed E-state index contributed by atoms with van der Waals surface area (Å²) in [6.45, 7) is 1.34. The molecule has 0 radical (unpaired) electrons. The number of nitriles is 1. The third kappa shape index (κ3) is 3.30. The van der Waals surface area contributed by atoms with Gasteiger partial charge in [0.1, 0.15) is 5.69 Å². The Balaban J connectivity index is 1.80. The number of nitrogens with two attached hydrogens (primary N) is 1. The van der Waals surface area contributed by atoms with Crippen molar-refractivity contribution < 1.29 is 4.79 Å². The van der Waals surface area contributed by atoms with Crippen molar-refractivity contribution in [3.63, 3.8) is 0 Å². The molecule has 1 amide bonds. The Hall–Kier alpha value is -3.73. The molecule has 0 bridgehead atoms. The molecule has 28 heavy (non-hydrogen) atoms. The van der Waals surface area contributed by atoms with Crippen molar-refractivity contribution in [2.24, 2.45) is 5.73 Å². The number of carbonyl (C=O) groups is 1. The van der Waals surface area contributed by atoms with Crippen LogP contribution in [0.15, 0.2) is 36.5 Å². The van der Waals surface area contributed by atoms with Crippen LogP contribution in [0.2, 0.25) is 0 Å². The van der Waals surface area contributed by atoms with Crippen LogP contribution in [0.25, 0.3) is 22.5 Å². The molecule has 8 nitrogen and oxygen atoms in total. The maximum absolute atomic E-state index is 11.6. The molecule has 2 aromatic heterocycles. The third-order valence-corrected chi connectivity index (χ3v) is 4.69. The topological polar surface area (TPSA) is 123 Å². The van der Waals surface area contributed by atoms with Gasteiger partial charge in [0, 0.05) is 41.7 Å². The van der Waals surface area contributed by atoms with Gasteiger partial charge in [0.2, 0.25) is 11.9 Å². The van der Waals surface area contributed by atoms with Gasteiger partial charge in [-0.05, 0) is 31.0 Å². The van der Waals surface area contributed by atoms with Gasteiger partial charge in [0.25, 0.3) is 0 Å². The van der Waals surface area contributed by atoms with Gasteiger partial charge < -0.3 is 11.1 Å². The van der Waals surface area contributed by atoms with Crippen LogP contribution < -0.4 is 11.1 Å². The summed E-state index contributed by atoms with van der Waals surface area (Å²) in [7, 11) is 0. The van der Waals surface area contributed by atoms with Crippen molar-refractivity contribution in [3.05, 3.63) is 47.8 Å². The summed E-state index contributed by atoms with van der Waals surface area (Å²) in [5, 5.41) is 16.6. The maximum Gasteiger partial charge on any atom is 0.248 e. The molecule has 0 saturated heterocycles. The summed E-state index contributed by atoms with van der Waals surface area (Å²) in [5.41, 5.74) is 10.3. The van der Waals surface area contributed by atoms with Gasteiger partial charge in [0.05, 0.1) is 18.2 Å². The smallest absolute Gasteiger partial charge is 0.248 e. The number of nitrogens with zero attached hydrogens (tertiary/aromatic N) is 5. The number of aromatic nitrogens is 4. The summed E-state index contributed by atoms with van der Waals surface area (Å²) in [5.74, 6) is 0.00343. The molecule has 140 valence electrons. The highest BCUT2D eigenvalue weighted by atomic mass is 16.1. The first kappa shape index (κ1) is 17.7. The van der Waals surface area contributed by atoms with Crippen molar-refractivity contribution in [2.75, 3.05) is 11.9 Å². The molecule has 8 heteroatoms. The van der Waals surface area contributed by atoms with Gasteiger partial charge in [-0.15, -0.1) is 0 Å². The lowest BCUT2D eigenvalue weighted by Gasteiger charge is -2.08. The fourth-order valence-corrected chi connectivity index (χ4v) is 3.44. The Morgan fingerprint density at radius 3 is 3.07 bits per heavy atom. The lowest BCUT2D eigenvalue weighted by molar-refractivity contribution is 0.100. The van der Waals surface area contributed by atoms with Crippen LogP contribution in [0.4, 0.5) is 5.95 Å². The van der Waals surface area contributed by atoms with E-state index in [0.29, 0.717) is 24.5 Å². The Kier molecular flexibility index (Phi) is 4.72. The van der Waals surface area contributed by atoms with Crippen molar-refractivity contribution in [2.45, 2.75) is 25.8 Å². The highest BCUT2D eigenvalue weighted by Gasteiger charge is 2.25. The standard InChI is InChI=1S/C20H19N7O/c21-8-3-9-23-20-24-10-7-15(25-20)17-16-6-2-11-27(16)26-18(17)13-4-1-5-14(12-13)19(22)28/h1,4-5,7,10,12H,2-3,6,9,11H2,(H2,22,28)(H,23,24,25). The number of hydrogen-bond donors (Lipinski definition) is 2. The predicted molar refractivity (Wildman–Crippen MR) is 104 cm³/mol. The van der Waals surface area contributed by atoms with Crippen LogP contribution in [0.3, 0.4) is 0 Å². The second-order valence-electron chi connectivity index (χ2n) is 6.54. The zero-order valence-electron chi connectivity index (χ0n) is 15.2. The van der Waals surface area contributed by atoms with Gasteiger partial charge >= 0.3 is 0 Å².